The maximum absolute atomic E-state index is 11.5. The van der Waals surface area contributed by atoms with Crippen LogP contribution in [0.25, 0.3) is 0 Å². The average molecular weight is 276 g/mol. The monoisotopic (exact) mass is 276 g/mol. The van der Waals surface area contributed by atoms with E-state index >= 15 is 0 Å². The Labute approximate surface area is 118 Å². The number of hydrazine groups is 1. The highest BCUT2D eigenvalue weighted by Gasteiger charge is 2.22. The fraction of sp³-hybridized carbons (Fsp3) is 0.429. The van der Waals surface area contributed by atoms with Gasteiger partial charge in [0.25, 0.3) is 5.91 Å². The highest BCUT2D eigenvalue weighted by molar-refractivity contribution is 5.93. The topological polar surface area (TPSA) is 87.5 Å². The predicted molar refractivity (Wildman–Crippen MR) is 75.6 cm³/mol. The van der Waals surface area contributed by atoms with Crippen LogP contribution in [0.1, 0.15) is 29.3 Å². The summed E-state index contributed by atoms with van der Waals surface area (Å²) in [5.41, 5.74) is 3.75. The number of nitrogens with two attached hydrogens (primary N) is 1. The molecule has 1 aliphatic heterocycles. The second-order valence-corrected chi connectivity index (χ2v) is 5.10. The maximum Gasteiger partial charge on any atom is 0.265 e. The quantitative estimate of drug-likeness (QED) is 0.410. The second kappa shape index (κ2) is 6.49. The molecule has 2 rings (SSSR count). The summed E-state index contributed by atoms with van der Waals surface area (Å²) >= 11 is 0. The van der Waals surface area contributed by atoms with Crippen molar-refractivity contribution in [3.05, 3.63) is 35.4 Å². The number of benzene rings is 1. The summed E-state index contributed by atoms with van der Waals surface area (Å²) < 4.78 is 0. The van der Waals surface area contributed by atoms with Crippen molar-refractivity contribution in [2.24, 2.45) is 5.84 Å². The minimum absolute atomic E-state index is 0.0125. The largest absolute Gasteiger partial charge is 0.352 e. The molecule has 6 nitrogen and oxygen atoms in total. The van der Waals surface area contributed by atoms with Crippen molar-refractivity contribution in [1.82, 2.24) is 15.6 Å². The maximum atomic E-state index is 11.5. The summed E-state index contributed by atoms with van der Waals surface area (Å²) in [6.45, 7) is 4.09. The summed E-state index contributed by atoms with van der Waals surface area (Å²) in [6, 6.07) is 7.63. The van der Waals surface area contributed by atoms with Crippen LogP contribution in [-0.4, -0.2) is 35.8 Å². The Morgan fingerprint density at radius 3 is 2.95 bits per heavy atom. The lowest BCUT2D eigenvalue weighted by molar-refractivity contribution is -0.119. The zero-order valence-corrected chi connectivity index (χ0v) is 11.6. The molecule has 1 saturated heterocycles. The van der Waals surface area contributed by atoms with Gasteiger partial charge < -0.3 is 5.32 Å². The Bertz CT molecular complexity index is 504. The first-order chi connectivity index (χ1) is 9.58. The smallest absolute Gasteiger partial charge is 0.265 e. The molecule has 108 valence electrons. The van der Waals surface area contributed by atoms with E-state index in [0.717, 1.165) is 31.6 Å². The number of nitrogen functional groups attached to an aromatic ring is 1. The van der Waals surface area contributed by atoms with Gasteiger partial charge in [0.2, 0.25) is 5.91 Å². The molecule has 0 aromatic heterocycles. The van der Waals surface area contributed by atoms with Crippen LogP contribution in [-0.2, 0) is 11.3 Å². The average Bonchev–Trinajstić information content (AvgIpc) is 2.84. The number of rotatable bonds is 4. The third kappa shape index (κ3) is 3.79. The van der Waals surface area contributed by atoms with Gasteiger partial charge in [0.05, 0.1) is 0 Å². The molecule has 1 atom stereocenters. The third-order valence-electron chi connectivity index (χ3n) is 3.41. The van der Waals surface area contributed by atoms with Crippen LogP contribution in [0.5, 0.6) is 0 Å². The van der Waals surface area contributed by atoms with Gasteiger partial charge in [0.1, 0.15) is 0 Å². The van der Waals surface area contributed by atoms with E-state index in [1.165, 1.54) is 6.92 Å². The normalized spacial score (nSPS) is 18.8. The summed E-state index contributed by atoms with van der Waals surface area (Å²) in [7, 11) is 0. The standard InChI is InChI=1S/C14H20N4O2/c1-10(19)16-13-5-6-18(9-13)8-11-3-2-4-12(7-11)14(20)17-15/h2-4,7,13H,5-6,8-9,15H2,1H3,(H,16,19)(H,17,20). The molecule has 1 aromatic rings. The molecule has 20 heavy (non-hydrogen) atoms. The minimum Gasteiger partial charge on any atom is -0.352 e. The van der Waals surface area contributed by atoms with Crippen molar-refractivity contribution in [2.45, 2.75) is 25.9 Å². The molecule has 0 spiro atoms. The van der Waals surface area contributed by atoms with Crippen molar-refractivity contribution < 1.29 is 9.59 Å². The molecule has 0 bridgehead atoms. The van der Waals surface area contributed by atoms with Crippen molar-refractivity contribution >= 4 is 11.8 Å². The van der Waals surface area contributed by atoms with Gasteiger partial charge in [-0.3, -0.25) is 19.9 Å². The third-order valence-corrected chi connectivity index (χ3v) is 3.41. The van der Waals surface area contributed by atoms with Crippen molar-refractivity contribution in [3.8, 4) is 0 Å². The van der Waals surface area contributed by atoms with Crippen LogP contribution in [0.4, 0.5) is 0 Å². The van der Waals surface area contributed by atoms with Crippen LogP contribution in [0, 0.1) is 0 Å². The second-order valence-electron chi connectivity index (χ2n) is 5.10. The highest BCUT2D eigenvalue weighted by atomic mass is 16.2. The predicted octanol–water partition coefficient (Wildman–Crippen LogP) is 0.000500. The fourth-order valence-electron chi connectivity index (χ4n) is 2.53. The molecule has 4 N–H and O–H groups in total. The number of likely N-dealkylation sites (tertiary alicyclic amines) is 1. The Morgan fingerprint density at radius 1 is 1.45 bits per heavy atom. The van der Waals surface area contributed by atoms with Gasteiger partial charge in [-0.2, -0.15) is 0 Å². The van der Waals surface area contributed by atoms with E-state index < -0.39 is 0 Å². The molecule has 2 amide bonds. The Morgan fingerprint density at radius 2 is 2.25 bits per heavy atom. The van der Waals surface area contributed by atoms with Gasteiger partial charge in [-0.1, -0.05) is 12.1 Å². The number of nitrogens with one attached hydrogen (secondary N) is 2. The number of carbonyl (C=O) groups is 2. The molecular weight excluding hydrogens is 256 g/mol. The van der Waals surface area contributed by atoms with E-state index in [-0.39, 0.29) is 17.9 Å². The van der Waals surface area contributed by atoms with Crippen LogP contribution in [0.3, 0.4) is 0 Å². The summed E-state index contributed by atoms with van der Waals surface area (Å²) in [5.74, 6) is 4.86. The zero-order valence-electron chi connectivity index (χ0n) is 11.6. The Balaban J connectivity index is 1.94. The lowest BCUT2D eigenvalue weighted by Crippen LogP contribution is -2.35. The van der Waals surface area contributed by atoms with Gasteiger partial charge >= 0.3 is 0 Å². The SMILES string of the molecule is CC(=O)NC1CCN(Cc2cccc(C(=O)NN)c2)C1. The van der Waals surface area contributed by atoms with E-state index in [4.69, 9.17) is 5.84 Å². The molecule has 1 unspecified atom stereocenters. The van der Waals surface area contributed by atoms with Gasteiger partial charge in [-0.15, -0.1) is 0 Å². The Hall–Kier alpha value is -1.92. The number of nitrogens with zero attached hydrogens (tertiary/aromatic N) is 1. The zero-order chi connectivity index (χ0) is 14.5. The molecule has 1 aliphatic rings. The van der Waals surface area contributed by atoms with Gasteiger partial charge in [0.15, 0.2) is 0 Å². The summed E-state index contributed by atoms with van der Waals surface area (Å²) in [5, 5.41) is 2.93. The minimum atomic E-state index is -0.288. The molecule has 0 radical (unpaired) electrons. The van der Waals surface area contributed by atoms with E-state index in [9.17, 15) is 9.59 Å². The van der Waals surface area contributed by atoms with Gasteiger partial charge in [0, 0.05) is 38.2 Å². The highest BCUT2D eigenvalue weighted by Crippen LogP contribution is 2.14. The number of hydrogen-bond acceptors (Lipinski definition) is 4. The molecular formula is C14H20N4O2. The van der Waals surface area contributed by atoms with E-state index in [1.54, 1.807) is 6.07 Å². The fourth-order valence-corrected chi connectivity index (χ4v) is 2.53. The first-order valence-electron chi connectivity index (χ1n) is 6.68. The van der Waals surface area contributed by atoms with Crippen LogP contribution in [0.15, 0.2) is 24.3 Å². The molecule has 6 heteroatoms. The first-order valence-corrected chi connectivity index (χ1v) is 6.68. The van der Waals surface area contributed by atoms with E-state index in [2.05, 4.69) is 15.6 Å². The lowest BCUT2D eigenvalue weighted by atomic mass is 10.1. The van der Waals surface area contributed by atoms with Crippen molar-refractivity contribution in [1.29, 1.82) is 0 Å². The lowest BCUT2D eigenvalue weighted by Gasteiger charge is -2.16. The first kappa shape index (κ1) is 14.5. The molecule has 0 aliphatic carbocycles. The molecule has 1 aromatic carbocycles. The van der Waals surface area contributed by atoms with Crippen LogP contribution < -0.4 is 16.6 Å². The Kier molecular flexibility index (Phi) is 4.70. The van der Waals surface area contributed by atoms with E-state index in [1.807, 2.05) is 18.2 Å². The molecule has 1 heterocycles. The van der Waals surface area contributed by atoms with Crippen LogP contribution in [0.2, 0.25) is 0 Å². The number of carbonyl (C=O) groups excluding carboxylic acids is 2. The summed E-state index contributed by atoms with van der Waals surface area (Å²) in [4.78, 5) is 24.8. The van der Waals surface area contributed by atoms with Crippen LogP contribution >= 0.6 is 0 Å². The number of hydrogen-bond donors (Lipinski definition) is 3. The van der Waals surface area contributed by atoms with E-state index in [0.29, 0.717) is 5.56 Å². The van der Waals surface area contributed by atoms with Gasteiger partial charge in [-0.05, 0) is 24.1 Å². The molecule has 0 saturated carbocycles. The van der Waals surface area contributed by atoms with Gasteiger partial charge in [-0.25, -0.2) is 5.84 Å². The van der Waals surface area contributed by atoms with Crippen molar-refractivity contribution in [3.63, 3.8) is 0 Å². The number of amides is 2. The van der Waals surface area contributed by atoms with Crippen molar-refractivity contribution in [2.75, 3.05) is 13.1 Å². The summed E-state index contributed by atoms with van der Waals surface area (Å²) in [6.07, 6.45) is 0.961. The molecule has 1 fully saturated rings.